The number of methoxy groups -OCH3 is 1. The van der Waals surface area contributed by atoms with Crippen LogP contribution in [0.15, 0.2) is 60.8 Å². The summed E-state index contributed by atoms with van der Waals surface area (Å²) in [6.45, 7) is 8.72. The van der Waals surface area contributed by atoms with E-state index in [0.29, 0.717) is 36.0 Å². The van der Waals surface area contributed by atoms with E-state index in [4.69, 9.17) is 14.6 Å². The van der Waals surface area contributed by atoms with Crippen LogP contribution < -0.4 is 20.3 Å². The van der Waals surface area contributed by atoms with Crippen molar-refractivity contribution >= 4 is 23.8 Å². The van der Waals surface area contributed by atoms with Gasteiger partial charge in [0.05, 0.1) is 18.5 Å². The standard InChI is InChI=1S/C32H36FN7O4/c1-20-8-11-23(12-9-20)40-27(18-26(38-40)32(2,3)4)36-31(42)35-19-21-17-22(33)10-13-25(21)44-28-14-15-34-30(37-28)39-16-6-7-24(39)29(41)43-5/h8-15,17-18,24H,6-7,16,19H2,1-5H3,(H2,35,36,42)/t24-/m0/s1. The molecule has 1 saturated heterocycles. The summed E-state index contributed by atoms with van der Waals surface area (Å²) in [5.74, 6) is 0.507. The number of nitrogens with one attached hydrogen (secondary N) is 2. The summed E-state index contributed by atoms with van der Waals surface area (Å²) in [7, 11) is 1.35. The molecule has 230 valence electrons. The summed E-state index contributed by atoms with van der Waals surface area (Å²) < 4.78 is 26.9. The van der Waals surface area contributed by atoms with Gasteiger partial charge >= 0.3 is 12.0 Å². The highest BCUT2D eigenvalue weighted by Gasteiger charge is 2.33. The zero-order valence-electron chi connectivity index (χ0n) is 25.4. The van der Waals surface area contributed by atoms with E-state index in [0.717, 1.165) is 23.4 Å². The number of rotatable bonds is 8. The lowest BCUT2D eigenvalue weighted by Gasteiger charge is -2.22. The number of benzene rings is 2. The van der Waals surface area contributed by atoms with E-state index in [9.17, 15) is 14.0 Å². The molecule has 0 spiro atoms. The number of hydrogen-bond acceptors (Lipinski definition) is 8. The first-order valence-electron chi connectivity index (χ1n) is 14.4. The van der Waals surface area contributed by atoms with Crippen LogP contribution in [0.2, 0.25) is 0 Å². The second-order valence-corrected chi connectivity index (χ2v) is 11.6. The fourth-order valence-electron chi connectivity index (χ4n) is 4.87. The summed E-state index contributed by atoms with van der Waals surface area (Å²) in [4.78, 5) is 35.9. The third kappa shape index (κ3) is 6.96. The van der Waals surface area contributed by atoms with Crippen LogP contribution in [0.5, 0.6) is 11.6 Å². The maximum atomic E-state index is 14.3. The molecule has 2 aromatic carbocycles. The zero-order chi connectivity index (χ0) is 31.4. The molecule has 44 heavy (non-hydrogen) atoms. The highest BCUT2D eigenvalue weighted by Crippen LogP contribution is 2.29. The SMILES string of the molecule is COC(=O)[C@@H]1CCCN1c1nccc(Oc2ccc(F)cc2CNC(=O)Nc2cc(C(C)(C)C)nn2-c2ccc(C)cc2)n1. The minimum absolute atomic E-state index is 0.0296. The molecule has 1 aliphatic heterocycles. The monoisotopic (exact) mass is 601 g/mol. The molecular weight excluding hydrogens is 565 g/mol. The Morgan fingerprint density at radius 1 is 1.09 bits per heavy atom. The Bertz CT molecular complexity index is 1650. The number of aromatic nitrogens is 4. The van der Waals surface area contributed by atoms with Gasteiger partial charge in [0, 0.05) is 42.4 Å². The molecule has 3 heterocycles. The van der Waals surface area contributed by atoms with Gasteiger partial charge in [-0.2, -0.15) is 10.1 Å². The third-order valence-electron chi connectivity index (χ3n) is 7.27. The number of amides is 2. The van der Waals surface area contributed by atoms with Gasteiger partial charge in [-0.3, -0.25) is 5.32 Å². The summed E-state index contributed by atoms with van der Waals surface area (Å²) >= 11 is 0. The van der Waals surface area contributed by atoms with Crippen molar-refractivity contribution in [2.24, 2.45) is 0 Å². The minimum atomic E-state index is -0.499. The van der Waals surface area contributed by atoms with Crippen LogP contribution in [0.4, 0.5) is 21.0 Å². The maximum Gasteiger partial charge on any atom is 0.328 e. The van der Waals surface area contributed by atoms with Crippen LogP contribution in [0.1, 0.15) is 50.4 Å². The lowest BCUT2D eigenvalue weighted by Crippen LogP contribution is -2.37. The van der Waals surface area contributed by atoms with Crippen molar-refractivity contribution in [3.63, 3.8) is 0 Å². The largest absolute Gasteiger partial charge is 0.467 e. The molecule has 0 unspecified atom stereocenters. The molecule has 11 nitrogen and oxygen atoms in total. The van der Waals surface area contributed by atoms with Gasteiger partial charge in [-0.15, -0.1) is 0 Å². The van der Waals surface area contributed by atoms with Crippen molar-refractivity contribution < 1.29 is 23.5 Å². The molecule has 2 amide bonds. The van der Waals surface area contributed by atoms with Gasteiger partial charge in [-0.1, -0.05) is 38.5 Å². The van der Waals surface area contributed by atoms with E-state index >= 15 is 0 Å². The number of carbonyl (C=O) groups is 2. The van der Waals surface area contributed by atoms with Gasteiger partial charge in [0.25, 0.3) is 0 Å². The fourth-order valence-corrected chi connectivity index (χ4v) is 4.87. The Hall–Kier alpha value is -5.00. The number of anilines is 2. The molecule has 0 aliphatic carbocycles. The summed E-state index contributed by atoms with van der Waals surface area (Å²) in [5.41, 5.74) is 2.88. The quantitative estimate of drug-likeness (QED) is 0.248. The molecule has 1 atom stereocenters. The molecule has 4 aromatic rings. The minimum Gasteiger partial charge on any atom is -0.467 e. The van der Waals surface area contributed by atoms with Crippen LogP contribution in [0, 0.1) is 12.7 Å². The number of esters is 1. The highest BCUT2D eigenvalue weighted by molar-refractivity contribution is 5.88. The fraction of sp³-hybridized carbons (Fsp3) is 0.344. The first-order chi connectivity index (χ1) is 21.0. The average molecular weight is 602 g/mol. The van der Waals surface area contributed by atoms with Crippen LogP contribution in [0.25, 0.3) is 5.69 Å². The predicted octanol–water partition coefficient (Wildman–Crippen LogP) is 5.66. The lowest BCUT2D eigenvalue weighted by atomic mass is 9.92. The maximum absolute atomic E-state index is 14.3. The highest BCUT2D eigenvalue weighted by atomic mass is 19.1. The summed E-state index contributed by atoms with van der Waals surface area (Å²) in [6, 6.07) is 14.3. The van der Waals surface area contributed by atoms with Crippen molar-refractivity contribution in [3.05, 3.63) is 83.4 Å². The second kappa shape index (κ2) is 12.7. The van der Waals surface area contributed by atoms with Crippen LogP contribution in [-0.4, -0.2) is 51.4 Å². The Labute approximate surface area is 255 Å². The van der Waals surface area contributed by atoms with Crippen LogP contribution in [0.3, 0.4) is 0 Å². The Morgan fingerprint density at radius 3 is 2.59 bits per heavy atom. The number of halogens is 1. The zero-order valence-corrected chi connectivity index (χ0v) is 25.4. The molecule has 2 aromatic heterocycles. The van der Waals surface area contributed by atoms with Crippen LogP contribution in [-0.2, 0) is 21.5 Å². The first kappa shape index (κ1) is 30.5. The molecule has 1 aliphatic rings. The van der Waals surface area contributed by atoms with Crippen molar-refractivity contribution in [2.45, 2.75) is 58.5 Å². The predicted molar refractivity (Wildman–Crippen MR) is 164 cm³/mol. The molecule has 5 rings (SSSR count). The Morgan fingerprint density at radius 2 is 1.86 bits per heavy atom. The van der Waals surface area contributed by atoms with Gasteiger partial charge in [0.1, 0.15) is 23.4 Å². The number of carbonyl (C=O) groups excluding carboxylic acids is 2. The second-order valence-electron chi connectivity index (χ2n) is 11.6. The van der Waals surface area contributed by atoms with Gasteiger partial charge in [-0.25, -0.2) is 23.6 Å². The van der Waals surface area contributed by atoms with Gasteiger partial charge < -0.3 is 19.7 Å². The first-order valence-corrected chi connectivity index (χ1v) is 14.4. The van der Waals surface area contributed by atoms with Crippen molar-refractivity contribution in [2.75, 3.05) is 23.9 Å². The summed E-state index contributed by atoms with van der Waals surface area (Å²) in [5, 5.41) is 10.4. The molecule has 1 fully saturated rings. The third-order valence-corrected chi connectivity index (χ3v) is 7.27. The number of nitrogens with zero attached hydrogens (tertiary/aromatic N) is 5. The number of ether oxygens (including phenoxy) is 2. The van der Waals surface area contributed by atoms with Crippen molar-refractivity contribution in [1.29, 1.82) is 0 Å². The molecule has 0 saturated carbocycles. The molecular formula is C32H36FN7O4. The topological polar surface area (TPSA) is 123 Å². The summed E-state index contributed by atoms with van der Waals surface area (Å²) in [6.07, 6.45) is 2.97. The van der Waals surface area contributed by atoms with Crippen molar-refractivity contribution in [3.8, 4) is 17.3 Å². The van der Waals surface area contributed by atoms with Crippen molar-refractivity contribution in [1.82, 2.24) is 25.1 Å². The number of hydrogen-bond donors (Lipinski definition) is 2. The number of aryl methyl sites for hydroxylation is 1. The molecule has 2 N–H and O–H groups in total. The van der Waals surface area contributed by atoms with Gasteiger partial charge in [0.15, 0.2) is 0 Å². The molecule has 0 radical (unpaired) electrons. The molecule has 0 bridgehead atoms. The normalized spacial score (nSPS) is 14.8. The van der Waals surface area contributed by atoms with Gasteiger partial charge in [-0.05, 0) is 50.1 Å². The van der Waals surface area contributed by atoms with Gasteiger partial charge in [0.2, 0.25) is 11.8 Å². The van der Waals surface area contributed by atoms with Crippen LogP contribution >= 0.6 is 0 Å². The van der Waals surface area contributed by atoms with E-state index in [2.05, 4.69) is 20.6 Å². The van der Waals surface area contributed by atoms with E-state index in [1.807, 2.05) is 58.0 Å². The average Bonchev–Trinajstić information content (AvgIpc) is 3.66. The smallest absolute Gasteiger partial charge is 0.328 e. The van der Waals surface area contributed by atoms with E-state index < -0.39 is 17.9 Å². The van der Waals surface area contributed by atoms with E-state index in [1.165, 1.54) is 31.5 Å². The lowest BCUT2D eigenvalue weighted by molar-refractivity contribution is -0.141. The number of urea groups is 1. The van der Waals surface area contributed by atoms with E-state index in [1.54, 1.807) is 15.6 Å². The Balaban J connectivity index is 1.31. The Kier molecular flexibility index (Phi) is 8.79. The molecule has 12 heteroatoms. The van der Waals surface area contributed by atoms with E-state index in [-0.39, 0.29) is 23.8 Å².